The average molecular weight is 343 g/mol. The van der Waals surface area contributed by atoms with Crippen LogP contribution in [0.2, 0.25) is 0 Å². The molecule has 0 aliphatic rings. The van der Waals surface area contributed by atoms with Gasteiger partial charge < -0.3 is 4.42 Å². The molecular weight excluding hydrogens is 334 g/mol. The minimum Gasteiger partial charge on any atom is -0.411 e. The lowest BCUT2D eigenvalue weighted by atomic mass is 10.3. The molecule has 0 bridgehead atoms. The van der Waals surface area contributed by atoms with E-state index in [0.29, 0.717) is 27.5 Å². The number of rotatable bonds is 4. The first kappa shape index (κ1) is 14.1. The van der Waals surface area contributed by atoms with E-state index in [2.05, 4.69) is 20.2 Å². The normalized spacial score (nSPS) is 11.1. The molecule has 114 valence electrons. The SMILES string of the molecule is O=c1cc(CSc2nnc(-c3cccnc3)o2)nc2sccn12. The van der Waals surface area contributed by atoms with Gasteiger partial charge in [0, 0.05) is 35.8 Å². The van der Waals surface area contributed by atoms with E-state index in [1.54, 1.807) is 24.7 Å². The maximum Gasteiger partial charge on any atom is 0.277 e. The maximum absolute atomic E-state index is 11.9. The van der Waals surface area contributed by atoms with E-state index < -0.39 is 0 Å². The van der Waals surface area contributed by atoms with Crippen LogP contribution in [0.5, 0.6) is 0 Å². The molecule has 0 saturated heterocycles. The van der Waals surface area contributed by atoms with Crippen LogP contribution in [0.1, 0.15) is 5.69 Å². The molecule has 0 N–H and O–H groups in total. The molecular formula is C14H9N5O2S2. The van der Waals surface area contributed by atoms with Crippen molar-refractivity contribution in [1.29, 1.82) is 0 Å². The zero-order valence-electron chi connectivity index (χ0n) is 11.6. The molecule has 0 fully saturated rings. The van der Waals surface area contributed by atoms with Gasteiger partial charge in [-0.05, 0) is 12.1 Å². The number of nitrogens with zero attached hydrogens (tertiary/aromatic N) is 5. The van der Waals surface area contributed by atoms with Crippen LogP contribution in [0.15, 0.2) is 56.6 Å². The van der Waals surface area contributed by atoms with E-state index in [9.17, 15) is 4.79 Å². The number of hydrogen-bond acceptors (Lipinski definition) is 8. The second-order valence-electron chi connectivity index (χ2n) is 4.54. The minimum absolute atomic E-state index is 0.0894. The summed E-state index contributed by atoms with van der Waals surface area (Å²) in [5.41, 5.74) is 1.36. The Bertz CT molecular complexity index is 1010. The van der Waals surface area contributed by atoms with Gasteiger partial charge in [-0.15, -0.1) is 21.5 Å². The van der Waals surface area contributed by atoms with Gasteiger partial charge in [0.25, 0.3) is 10.8 Å². The van der Waals surface area contributed by atoms with Crippen LogP contribution in [0.25, 0.3) is 16.4 Å². The molecule has 0 aliphatic carbocycles. The predicted molar refractivity (Wildman–Crippen MR) is 86.4 cm³/mol. The number of pyridine rings is 1. The molecule has 0 aliphatic heterocycles. The van der Waals surface area contributed by atoms with Crippen molar-refractivity contribution >= 4 is 28.1 Å². The van der Waals surface area contributed by atoms with Gasteiger partial charge >= 0.3 is 0 Å². The maximum atomic E-state index is 11.9. The first-order chi connectivity index (χ1) is 11.3. The summed E-state index contributed by atoms with van der Waals surface area (Å²) in [6, 6.07) is 5.17. The standard InChI is InChI=1S/C14H9N5O2S2/c20-11-6-10(16-13-19(11)4-5-22-13)8-23-14-18-17-12(21-14)9-2-1-3-15-7-9/h1-7H,8H2. The summed E-state index contributed by atoms with van der Waals surface area (Å²) in [7, 11) is 0. The summed E-state index contributed by atoms with van der Waals surface area (Å²) in [6.07, 6.45) is 5.06. The van der Waals surface area contributed by atoms with E-state index in [4.69, 9.17) is 4.42 Å². The van der Waals surface area contributed by atoms with Gasteiger partial charge in [0.05, 0.1) is 11.3 Å². The number of hydrogen-bond donors (Lipinski definition) is 0. The molecule has 0 spiro atoms. The van der Waals surface area contributed by atoms with Gasteiger partial charge in [0.1, 0.15) is 0 Å². The lowest BCUT2D eigenvalue weighted by Gasteiger charge is -1.98. The molecule has 4 aromatic heterocycles. The third kappa shape index (κ3) is 2.88. The van der Waals surface area contributed by atoms with Crippen molar-refractivity contribution in [3.63, 3.8) is 0 Å². The van der Waals surface area contributed by atoms with E-state index >= 15 is 0 Å². The minimum atomic E-state index is -0.0894. The molecule has 0 saturated carbocycles. The lowest BCUT2D eigenvalue weighted by Crippen LogP contribution is -2.12. The fraction of sp³-hybridized carbons (Fsp3) is 0.0714. The van der Waals surface area contributed by atoms with E-state index in [1.807, 2.05) is 11.4 Å². The zero-order valence-corrected chi connectivity index (χ0v) is 13.3. The van der Waals surface area contributed by atoms with E-state index in [1.165, 1.54) is 33.6 Å². The van der Waals surface area contributed by atoms with Gasteiger partial charge in [0.2, 0.25) is 5.89 Å². The Labute approximate surface area is 138 Å². The third-order valence-corrected chi connectivity index (χ3v) is 4.62. The van der Waals surface area contributed by atoms with Crippen LogP contribution in [0.3, 0.4) is 0 Å². The van der Waals surface area contributed by atoms with Crippen molar-refractivity contribution in [1.82, 2.24) is 24.6 Å². The first-order valence-corrected chi connectivity index (χ1v) is 8.48. The van der Waals surface area contributed by atoms with Crippen molar-refractivity contribution in [2.24, 2.45) is 0 Å². The van der Waals surface area contributed by atoms with Crippen LogP contribution >= 0.6 is 23.1 Å². The topological polar surface area (TPSA) is 86.2 Å². The van der Waals surface area contributed by atoms with Gasteiger partial charge in [0.15, 0.2) is 4.96 Å². The second-order valence-corrected chi connectivity index (χ2v) is 6.34. The Hall–Kier alpha value is -2.52. The van der Waals surface area contributed by atoms with Gasteiger partial charge in [-0.3, -0.25) is 14.2 Å². The van der Waals surface area contributed by atoms with Crippen LogP contribution < -0.4 is 5.56 Å². The molecule has 0 aromatic carbocycles. The highest BCUT2D eigenvalue weighted by atomic mass is 32.2. The molecule has 0 amide bonds. The number of aromatic nitrogens is 5. The first-order valence-electron chi connectivity index (χ1n) is 6.62. The molecule has 0 atom stereocenters. The second kappa shape index (κ2) is 5.94. The summed E-state index contributed by atoms with van der Waals surface area (Å²) in [4.78, 5) is 21.1. The Morgan fingerprint density at radius 3 is 3.17 bits per heavy atom. The van der Waals surface area contributed by atoms with Crippen molar-refractivity contribution in [2.75, 3.05) is 0 Å². The molecule has 4 aromatic rings. The van der Waals surface area contributed by atoms with Crippen molar-refractivity contribution in [3.05, 3.63) is 58.2 Å². The lowest BCUT2D eigenvalue weighted by molar-refractivity contribution is 0.465. The van der Waals surface area contributed by atoms with Gasteiger partial charge in [-0.1, -0.05) is 11.8 Å². The largest absolute Gasteiger partial charge is 0.411 e. The van der Waals surface area contributed by atoms with Crippen LogP contribution in [-0.2, 0) is 5.75 Å². The molecule has 23 heavy (non-hydrogen) atoms. The van der Waals surface area contributed by atoms with Crippen LogP contribution in [0.4, 0.5) is 0 Å². The Balaban J connectivity index is 1.52. The summed E-state index contributed by atoms with van der Waals surface area (Å²) in [5, 5.41) is 10.2. The highest BCUT2D eigenvalue weighted by Gasteiger charge is 2.10. The van der Waals surface area contributed by atoms with E-state index in [0.717, 1.165) is 5.56 Å². The third-order valence-electron chi connectivity index (χ3n) is 3.01. The number of thiazole rings is 1. The smallest absolute Gasteiger partial charge is 0.277 e. The molecule has 9 heteroatoms. The van der Waals surface area contributed by atoms with Crippen LogP contribution in [0, 0.1) is 0 Å². The Morgan fingerprint density at radius 1 is 1.35 bits per heavy atom. The highest BCUT2D eigenvalue weighted by molar-refractivity contribution is 7.98. The quantitative estimate of drug-likeness (QED) is 0.526. The summed E-state index contributed by atoms with van der Waals surface area (Å²) < 4.78 is 7.11. The predicted octanol–water partition coefficient (Wildman–Crippen LogP) is 2.49. The van der Waals surface area contributed by atoms with Crippen molar-refractivity contribution < 1.29 is 4.42 Å². The zero-order chi connectivity index (χ0) is 15.6. The average Bonchev–Trinajstić information content (AvgIpc) is 3.23. The highest BCUT2D eigenvalue weighted by Crippen LogP contribution is 2.24. The van der Waals surface area contributed by atoms with E-state index in [-0.39, 0.29) is 5.56 Å². The summed E-state index contributed by atoms with van der Waals surface area (Å²) in [5.74, 6) is 0.903. The van der Waals surface area contributed by atoms with Crippen LogP contribution in [-0.4, -0.2) is 24.6 Å². The fourth-order valence-electron chi connectivity index (χ4n) is 1.97. The Morgan fingerprint density at radius 2 is 2.30 bits per heavy atom. The molecule has 7 nitrogen and oxygen atoms in total. The Kier molecular flexibility index (Phi) is 3.64. The summed E-state index contributed by atoms with van der Waals surface area (Å²) >= 11 is 2.77. The van der Waals surface area contributed by atoms with Crippen molar-refractivity contribution in [2.45, 2.75) is 11.0 Å². The molecule has 4 heterocycles. The van der Waals surface area contributed by atoms with Crippen molar-refractivity contribution in [3.8, 4) is 11.5 Å². The monoisotopic (exact) mass is 343 g/mol. The number of thioether (sulfide) groups is 1. The van der Waals surface area contributed by atoms with Gasteiger partial charge in [-0.2, -0.15) is 0 Å². The molecule has 4 rings (SSSR count). The summed E-state index contributed by atoms with van der Waals surface area (Å²) in [6.45, 7) is 0. The number of fused-ring (bicyclic) bond motifs is 1. The fourth-order valence-corrected chi connectivity index (χ4v) is 3.37. The molecule has 0 unspecified atom stereocenters. The van der Waals surface area contributed by atoms with Gasteiger partial charge in [-0.25, -0.2) is 4.98 Å². The molecule has 0 radical (unpaired) electrons.